The third-order valence-electron chi connectivity index (χ3n) is 2.81. The molecule has 0 unspecified atom stereocenters. The van der Waals surface area contributed by atoms with Gasteiger partial charge in [-0.25, -0.2) is 13.8 Å². The number of carbonyl (C=O) groups excluding carboxylic acids is 1. The zero-order chi connectivity index (χ0) is 15.7. The van der Waals surface area contributed by atoms with Crippen LogP contribution in [-0.4, -0.2) is 20.7 Å². The van der Waals surface area contributed by atoms with Gasteiger partial charge in [0.05, 0.1) is 16.4 Å². The largest absolute Gasteiger partial charge is 0.298 e. The van der Waals surface area contributed by atoms with Crippen LogP contribution >= 0.6 is 11.3 Å². The lowest BCUT2D eigenvalue weighted by Gasteiger charge is -1.94. The molecule has 5 nitrogen and oxygen atoms in total. The summed E-state index contributed by atoms with van der Waals surface area (Å²) in [5.41, 5.74) is 1.08. The monoisotopic (exact) mass is 320 g/mol. The number of benzene rings is 1. The summed E-state index contributed by atoms with van der Waals surface area (Å²) >= 11 is 1.07. The summed E-state index contributed by atoms with van der Waals surface area (Å²) in [4.78, 5) is 15.8. The molecule has 0 aliphatic carbocycles. The van der Waals surface area contributed by atoms with E-state index >= 15 is 0 Å². The van der Waals surface area contributed by atoms with Crippen LogP contribution in [0.3, 0.4) is 0 Å². The summed E-state index contributed by atoms with van der Waals surface area (Å²) in [5.74, 6) is -2.29. The van der Waals surface area contributed by atoms with Gasteiger partial charge >= 0.3 is 0 Å². The number of halogens is 2. The van der Waals surface area contributed by atoms with E-state index in [9.17, 15) is 13.6 Å². The van der Waals surface area contributed by atoms with Crippen LogP contribution in [0.2, 0.25) is 0 Å². The summed E-state index contributed by atoms with van der Waals surface area (Å²) in [7, 11) is 1.77. The molecular weight excluding hydrogens is 310 g/mol. The van der Waals surface area contributed by atoms with Gasteiger partial charge in [-0.05, 0) is 12.1 Å². The van der Waals surface area contributed by atoms with E-state index in [1.807, 2.05) is 0 Å². The zero-order valence-electron chi connectivity index (χ0n) is 11.4. The van der Waals surface area contributed by atoms with Crippen LogP contribution in [0, 0.1) is 11.6 Å². The Bertz CT molecular complexity index is 845. The fourth-order valence-electron chi connectivity index (χ4n) is 1.82. The number of hydrogen-bond acceptors (Lipinski definition) is 4. The van der Waals surface area contributed by atoms with Crippen molar-refractivity contribution in [1.29, 1.82) is 0 Å². The normalized spacial score (nSPS) is 11.4. The fourth-order valence-corrected chi connectivity index (χ4v) is 2.70. The smallest absolute Gasteiger partial charge is 0.250 e. The molecule has 3 aromatic rings. The first kappa shape index (κ1) is 14.3. The molecule has 0 saturated carbocycles. The number of thiazole rings is 1. The minimum absolute atomic E-state index is 0.279. The van der Waals surface area contributed by atoms with Crippen molar-refractivity contribution < 1.29 is 13.6 Å². The molecule has 0 aliphatic heterocycles. The van der Waals surface area contributed by atoms with Crippen molar-refractivity contribution in [2.24, 2.45) is 7.05 Å². The molecule has 1 aromatic carbocycles. The van der Waals surface area contributed by atoms with Crippen LogP contribution < -0.4 is 5.32 Å². The van der Waals surface area contributed by atoms with Gasteiger partial charge < -0.3 is 0 Å². The van der Waals surface area contributed by atoms with Crippen LogP contribution in [0.5, 0.6) is 0 Å². The molecular formula is C14H10F2N4OS. The van der Waals surface area contributed by atoms with E-state index in [1.54, 1.807) is 30.2 Å². The highest BCUT2D eigenvalue weighted by Crippen LogP contribution is 2.27. The van der Waals surface area contributed by atoms with Gasteiger partial charge in [0.25, 0.3) is 0 Å². The third-order valence-corrected chi connectivity index (χ3v) is 3.75. The average Bonchev–Trinajstić information content (AvgIpc) is 3.03. The topological polar surface area (TPSA) is 59.8 Å². The van der Waals surface area contributed by atoms with Crippen molar-refractivity contribution >= 4 is 38.7 Å². The predicted octanol–water partition coefficient (Wildman–Crippen LogP) is 2.96. The number of nitrogens with one attached hydrogen (secondary N) is 1. The van der Waals surface area contributed by atoms with E-state index in [4.69, 9.17) is 0 Å². The number of aryl methyl sites for hydroxylation is 1. The first-order chi connectivity index (χ1) is 10.5. The molecule has 0 aliphatic rings. The molecule has 0 bridgehead atoms. The van der Waals surface area contributed by atoms with Gasteiger partial charge in [-0.15, -0.1) is 0 Å². The molecule has 0 saturated heterocycles. The molecule has 8 heteroatoms. The van der Waals surface area contributed by atoms with Gasteiger partial charge in [0.1, 0.15) is 0 Å². The molecule has 2 aromatic heterocycles. The molecule has 22 heavy (non-hydrogen) atoms. The van der Waals surface area contributed by atoms with Crippen LogP contribution in [0.25, 0.3) is 16.3 Å². The number of amides is 1. The third kappa shape index (κ3) is 3.01. The Morgan fingerprint density at radius 3 is 2.86 bits per heavy atom. The maximum Gasteiger partial charge on any atom is 0.250 e. The number of carbonyl (C=O) groups is 1. The maximum absolute atomic E-state index is 13.1. The zero-order valence-corrected chi connectivity index (χ0v) is 12.2. The van der Waals surface area contributed by atoms with Crippen LogP contribution in [0.1, 0.15) is 5.56 Å². The molecule has 0 radical (unpaired) electrons. The second-order valence-electron chi connectivity index (χ2n) is 4.52. The summed E-state index contributed by atoms with van der Waals surface area (Å²) in [6.07, 6.45) is 6.32. The Hall–Kier alpha value is -2.61. The first-order valence-corrected chi connectivity index (χ1v) is 7.06. The van der Waals surface area contributed by atoms with Gasteiger partial charge in [-0.2, -0.15) is 5.10 Å². The second kappa shape index (κ2) is 5.64. The van der Waals surface area contributed by atoms with E-state index < -0.39 is 11.6 Å². The van der Waals surface area contributed by atoms with Crippen molar-refractivity contribution in [3.8, 4) is 0 Å². The molecule has 112 valence electrons. The molecule has 0 fully saturated rings. The highest BCUT2D eigenvalue weighted by Gasteiger charge is 2.10. The van der Waals surface area contributed by atoms with E-state index in [0.29, 0.717) is 10.2 Å². The van der Waals surface area contributed by atoms with Gasteiger partial charge in [0.15, 0.2) is 16.8 Å². The first-order valence-electron chi connectivity index (χ1n) is 6.24. The number of nitrogens with zero attached hydrogens (tertiary/aromatic N) is 3. The highest BCUT2D eigenvalue weighted by atomic mass is 32.1. The van der Waals surface area contributed by atoms with E-state index in [1.165, 1.54) is 6.08 Å². The Kier molecular flexibility index (Phi) is 3.68. The van der Waals surface area contributed by atoms with Crippen LogP contribution in [0.15, 0.2) is 30.6 Å². The SMILES string of the molecule is Cn1cc(/C=C/C(=O)Nc2nc3cc(F)c(F)cc3s2)cn1. The number of rotatable bonds is 3. The van der Waals surface area contributed by atoms with E-state index in [-0.39, 0.29) is 11.0 Å². The molecule has 3 rings (SSSR count). The van der Waals surface area contributed by atoms with Gasteiger partial charge in [-0.1, -0.05) is 11.3 Å². The van der Waals surface area contributed by atoms with Crippen LogP contribution in [0.4, 0.5) is 13.9 Å². The number of aromatic nitrogens is 3. The predicted molar refractivity (Wildman–Crippen MR) is 80.4 cm³/mol. The summed E-state index contributed by atoms with van der Waals surface area (Å²) in [6.45, 7) is 0. The average molecular weight is 320 g/mol. The van der Waals surface area contributed by atoms with Gasteiger partial charge in [0, 0.05) is 31.0 Å². The number of hydrogen-bond donors (Lipinski definition) is 1. The molecule has 1 N–H and O–H groups in total. The van der Waals surface area contributed by atoms with Gasteiger partial charge in [0.2, 0.25) is 5.91 Å². The lowest BCUT2D eigenvalue weighted by molar-refractivity contribution is -0.111. The van der Waals surface area contributed by atoms with E-state index in [2.05, 4.69) is 15.4 Å². The lowest BCUT2D eigenvalue weighted by atomic mass is 10.3. The highest BCUT2D eigenvalue weighted by molar-refractivity contribution is 7.22. The van der Waals surface area contributed by atoms with Crippen molar-refractivity contribution in [1.82, 2.24) is 14.8 Å². The fraction of sp³-hybridized carbons (Fsp3) is 0.0714. The Labute approximate surface area is 127 Å². The Balaban J connectivity index is 1.75. The van der Waals surface area contributed by atoms with Crippen molar-refractivity contribution in [3.05, 3.63) is 47.8 Å². The van der Waals surface area contributed by atoms with Crippen molar-refractivity contribution in [3.63, 3.8) is 0 Å². The quantitative estimate of drug-likeness (QED) is 0.755. The van der Waals surface area contributed by atoms with Crippen LogP contribution in [-0.2, 0) is 11.8 Å². The molecule has 2 heterocycles. The number of fused-ring (bicyclic) bond motifs is 1. The molecule has 0 spiro atoms. The molecule has 1 amide bonds. The second-order valence-corrected chi connectivity index (χ2v) is 5.55. The number of anilines is 1. The van der Waals surface area contributed by atoms with Crippen molar-refractivity contribution in [2.45, 2.75) is 0 Å². The lowest BCUT2D eigenvalue weighted by Crippen LogP contribution is -2.07. The van der Waals surface area contributed by atoms with Crippen molar-refractivity contribution in [2.75, 3.05) is 5.32 Å². The minimum Gasteiger partial charge on any atom is -0.298 e. The maximum atomic E-state index is 13.1. The summed E-state index contributed by atoms with van der Waals surface area (Å²) in [6, 6.07) is 2.06. The Morgan fingerprint density at radius 1 is 1.36 bits per heavy atom. The van der Waals surface area contributed by atoms with E-state index in [0.717, 1.165) is 29.0 Å². The Morgan fingerprint density at radius 2 is 2.14 bits per heavy atom. The molecule has 0 atom stereocenters. The minimum atomic E-state index is -0.966. The standard InChI is InChI=1S/C14H10F2N4OS/c1-20-7-8(6-17-20)2-3-13(21)19-14-18-11-4-9(15)10(16)5-12(11)22-14/h2-7H,1H3,(H,18,19,21)/b3-2+. The van der Waals surface area contributed by atoms with Gasteiger partial charge in [-0.3, -0.25) is 14.8 Å². The summed E-state index contributed by atoms with van der Waals surface area (Å²) < 4.78 is 28.3. The summed E-state index contributed by atoms with van der Waals surface area (Å²) in [5, 5.41) is 6.81.